The fourth-order valence-electron chi connectivity index (χ4n) is 10.8. The van der Waals surface area contributed by atoms with Crippen molar-refractivity contribution < 1.29 is 89.4 Å². The Morgan fingerprint density at radius 1 is 0.419 bits per heavy atom. The summed E-state index contributed by atoms with van der Waals surface area (Å²) in [6.07, 6.45) is 33.1. The van der Waals surface area contributed by atoms with Gasteiger partial charge in [-0.3, -0.25) is 4.79 Å². The number of aliphatic hydroxyl groups is 11. The third-order valence-corrected chi connectivity index (χ3v) is 16.2. The molecule has 12 N–H and O–H groups in total. The molecule has 3 fully saturated rings. The summed E-state index contributed by atoms with van der Waals surface area (Å²) in [6, 6.07) is -1.00. The van der Waals surface area contributed by atoms with Gasteiger partial charge in [-0.25, -0.2) is 0 Å². The van der Waals surface area contributed by atoms with E-state index in [1.807, 2.05) is 6.08 Å². The Morgan fingerprint density at radius 3 is 1.26 bits per heavy atom. The zero-order chi connectivity index (χ0) is 62.6. The maximum atomic E-state index is 13.4. The Kier molecular flexibility index (Phi) is 44.1. The van der Waals surface area contributed by atoms with E-state index in [1.165, 1.54) is 109 Å². The molecule has 17 unspecified atom stereocenters. The Hall–Kier alpha value is -2.77. The fourth-order valence-corrected chi connectivity index (χ4v) is 10.8. The minimum atomic E-state index is -1.98. The van der Waals surface area contributed by atoms with Crippen molar-refractivity contribution in [3.05, 3.63) is 72.9 Å². The van der Waals surface area contributed by atoms with Crippen molar-refractivity contribution in [2.75, 3.05) is 26.4 Å². The quantitative estimate of drug-likeness (QED) is 0.0204. The minimum Gasteiger partial charge on any atom is -0.394 e. The van der Waals surface area contributed by atoms with Crippen LogP contribution in [-0.4, -0.2) is 193 Å². The highest BCUT2D eigenvalue weighted by molar-refractivity contribution is 5.76. The van der Waals surface area contributed by atoms with Crippen LogP contribution in [0.1, 0.15) is 213 Å². The maximum absolute atomic E-state index is 13.4. The summed E-state index contributed by atoms with van der Waals surface area (Å²) in [5, 5.41) is 120. The molecule has 19 nitrogen and oxygen atoms in total. The molecule has 0 radical (unpaired) electrons. The average Bonchev–Trinajstić information content (AvgIpc) is 2.54. The van der Waals surface area contributed by atoms with Crippen molar-refractivity contribution >= 4 is 5.91 Å². The van der Waals surface area contributed by atoms with Crippen LogP contribution < -0.4 is 5.32 Å². The number of hydrogen-bond acceptors (Lipinski definition) is 18. The highest BCUT2D eigenvalue weighted by atomic mass is 16.8. The van der Waals surface area contributed by atoms with Crippen LogP contribution in [-0.2, 0) is 33.2 Å². The number of carbonyl (C=O) groups excluding carboxylic acids is 1. The predicted molar refractivity (Wildman–Crippen MR) is 332 cm³/mol. The summed E-state index contributed by atoms with van der Waals surface area (Å²) in [5.41, 5.74) is 0. The molecule has 1 amide bonds. The summed E-state index contributed by atoms with van der Waals surface area (Å²) >= 11 is 0. The van der Waals surface area contributed by atoms with E-state index in [1.54, 1.807) is 6.08 Å². The lowest BCUT2D eigenvalue weighted by atomic mass is 9.96. The molecule has 0 aliphatic carbocycles. The van der Waals surface area contributed by atoms with Crippen LogP contribution >= 0.6 is 0 Å². The van der Waals surface area contributed by atoms with E-state index in [0.717, 1.165) is 70.6 Å². The van der Waals surface area contributed by atoms with Gasteiger partial charge in [-0.15, -0.1) is 0 Å². The minimum absolute atomic E-state index is 0.226. The molecule has 0 bridgehead atoms. The third kappa shape index (κ3) is 31.3. The molecule has 3 rings (SSSR count). The van der Waals surface area contributed by atoms with Gasteiger partial charge in [0, 0.05) is 6.42 Å². The van der Waals surface area contributed by atoms with E-state index in [0.29, 0.717) is 12.8 Å². The van der Waals surface area contributed by atoms with Crippen LogP contribution in [0.2, 0.25) is 0 Å². The highest BCUT2D eigenvalue weighted by Gasteiger charge is 2.53. The number of nitrogens with one attached hydrogen (secondary N) is 1. The molecule has 0 aromatic carbocycles. The van der Waals surface area contributed by atoms with Gasteiger partial charge < -0.3 is 89.9 Å². The first-order chi connectivity index (χ1) is 41.8. The number of amides is 1. The number of carbonyl (C=O) groups is 1. The highest BCUT2D eigenvalue weighted by Crippen LogP contribution is 2.33. The summed E-state index contributed by atoms with van der Waals surface area (Å²) in [7, 11) is 0. The number of rotatable bonds is 49. The van der Waals surface area contributed by atoms with E-state index in [-0.39, 0.29) is 18.9 Å². The molecule has 86 heavy (non-hydrogen) atoms. The predicted octanol–water partition coefficient (Wildman–Crippen LogP) is 7.77. The second-order valence-corrected chi connectivity index (χ2v) is 23.6. The van der Waals surface area contributed by atoms with Crippen molar-refractivity contribution in [2.24, 2.45) is 0 Å². The van der Waals surface area contributed by atoms with Crippen LogP contribution in [0.25, 0.3) is 0 Å². The lowest BCUT2D eigenvalue weighted by Crippen LogP contribution is -2.66. The molecule has 498 valence electrons. The maximum Gasteiger partial charge on any atom is 0.220 e. The summed E-state index contributed by atoms with van der Waals surface area (Å²) in [6.45, 7) is 1.65. The first-order valence-electron chi connectivity index (χ1n) is 33.2. The van der Waals surface area contributed by atoms with Gasteiger partial charge in [0.05, 0.1) is 38.6 Å². The smallest absolute Gasteiger partial charge is 0.220 e. The third-order valence-electron chi connectivity index (χ3n) is 16.2. The van der Waals surface area contributed by atoms with E-state index < -0.39 is 124 Å². The topological polar surface area (TPSA) is 307 Å². The molecule has 0 aromatic heterocycles. The van der Waals surface area contributed by atoms with Crippen LogP contribution in [0.4, 0.5) is 0 Å². The molecule has 3 aliphatic heterocycles. The first kappa shape index (κ1) is 77.5. The van der Waals surface area contributed by atoms with Crippen molar-refractivity contribution in [1.82, 2.24) is 5.32 Å². The van der Waals surface area contributed by atoms with Gasteiger partial charge >= 0.3 is 0 Å². The molecule has 17 atom stereocenters. The molecule has 19 heteroatoms. The van der Waals surface area contributed by atoms with Gasteiger partial charge in [0.1, 0.15) is 73.2 Å². The van der Waals surface area contributed by atoms with Gasteiger partial charge in [-0.1, -0.05) is 196 Å². The zero-order valence-corrected chi connectivity index (χ0v) is 52.3. The molecule has 3 heterocycles. The number of ether oxygens (including phenoxy) is 6. The SMILES string of the molecule is CCCCCC/C=C/CC/C=C/CC/C=C/C(O)C(COC1OC(CO)C(OC2OC(CO)C(OC3OC(CO)C(O)C(O)C3O)C(O)C2O)C(O)C1O)NC(=O)CCCCCCCCCCCCCC/C=C\C/C=C\C/C=C\CCCCCCC. The molecule has 0 aromatic rings. The van der Waals surface area contributed by atoms with Crippen LogP contribution in [0, 0.1) is 0 Å². The van der Waals surface area contributed by atoms with E-state index in [2.05, 4.69) is 79.9 Å². The van der Waals surface area contributed by atoms with Gasteiger partial charge in [0.15, 0.2) is 18.9 Å². The van der Waals surface area contributed by atoms with Gasteiger partial charge in [-0.05, 0) is 83.5 Å². The Labute approximate surface area is 515 Å². The molecule has 3 aliphatic rings. The van der Waals surface area contributed by atoms with Crippen molar-refractivity contribution in [3.8, 4) is 0 Å². The largest absolute Gasteiger partial charge is 0.394 e. The molecule has 0 spiro atoms. The molecule has 3 saturated heterocycles. The Bertz CT molecular complexity index is 1850. The molecule has 0 saturated carbocycles. The van der Waals surface area contributed by atoms with Crippen molar-refractivity contribution in [2.45, 2.75) is 317 Å². The average molecular weight is 1220 g/mol. The van der Waals surface area contributed by atoms with Gasteiger partial charge in [0.2, 0.25) is 5.91 Å². The summed E-state index contributed by atoms with van der Waals surface area (Å²) in [4.78, 5) is 13.4. The second kappa shape index (κ2) is 49.0. The van der Waals surface area contributed by atoms with Gasteiger partial charge in [0.25, 0.3) is 0 Å². The summed E-state index contributed by atoms with van der Waals surface area (Å²) < 4.78 is 34.3. The number of allylic oxidation sites excluding steroid dienone is 11. The lowest BCUT2D eigenvalue weighted by Gasteiger charge is -2.48. The van der Waals surface area contributed by atoms with E-state index >= 15 is 0 Å². The first-order valence-corrected chi connectivity index (χ1v) is 33.2. The van der Waals surface area contributed by atoms with Crippen molar-refractivity contribution in [1.29, 1.82) is 0 Å². The van der Waals surface area contributed by atoms with E-state index in [4.69, 9.17) is 28.4 Å². The number of aliphatic hydroxyl groups excluding tert-OH is 11. The summed E-state index contributed by atoms with van der Waals surface area (Å²) in [5.74, 6) is -0.295. The normalized spacial score (nSPS) is 29.2. The van der Waals surface area contributed by atoms with E-state index in [9.17, 15) is 61.0 Å². The Morgan fingerprint density at radius 2 is 0.779 bits per heavy atom. The van der Waals surface area contributed by atoms with Crippen molar-refractivity contribution in [3.63, 3.8) is 0 Å². The Balaban J connectivity index is 1.44. The zero-order valence-electron chi connectivity index (χ0n) is 52.3. The number of hydrogen-bond donors (Lipinski definition) is 12. The van der Waals surface area contributed by atoms with Crippen LogP contribution in [0.5, 0.6) is 0 Å². The van der Waals surface area contributed by atoms with Gasteiger partial charge in [-0.2, -0.15) is 0 Å². The second-order valence-electron chi connectivity index (χ2n) is 23.6. The molecular weight excluding hydrogens is 1110 g/mol. The van der Waals surface area contributed by atoms with Crippen LogP contribution in [0.3, 0.4) is 0 Å². The molecular formula is C67H117NO18. The standard InChI is InChI=1S/C67H117NO18/c1-3-5-7-9-11-13-15-17-19-20-21-22-23-24-25-26-27-28-29-30-31-33-35-37-39-41-43-45-55(73)68-50(51(72)44-42-40-38-36-34-32-18-16-14-12-10-8-6-4-2)49-81-65-61(79)58(76)63(53(47-70)83-65)86-67-62(80)59(77)64(54(48-71)84-67)85-66-60(78)57(75)56(74)52(46-69)82-66/h14-17,20-21,23-24,34,36,42,44,50-54,56-67,69-72,74-80H,3-13,18-19,22,25-33,35,37-41,43,45-49H2,1-2H3,(H,68,73)/b16-14+,17-15-,21-20-,24-23-,36-34+,44-42+. The number of unbranched alkanes of at least 4 members (excludes halogenated alkanes) is 23. The fraction of sp³-hybridized carbons (Fsp3) is 0.806. The lowest BCUT2D eigenvalue weighted by molar-refractivity contribution is -0.379. The van der Waals surface area contributed by atoms with Crippen LogP contribution in [0.15, 0.2) is 72.9 Å². The monoisotopic (exact) mass is 1220 g/mol.